The topological polar surface area (TPSA) is 125 Å². The van der Waals surface area contributed by atoms with Crippen LogP contribution in [0.25, 0.3) is 11.3 Å². The van der Waals surface area contributed by atoms with E-state index in [-0.39, 0.29) is 29.3 Å². The van der Waals surface area contributed by atoms with Crippen molar-refractivity contribution in [1.82, 2.24) is 24.5 Å². The first-order chi connectivity index (χ1) is 22.4. The minimum Gasteiger partial charge on any atom is -0.444 e. The lowest BCUT2D eigenvalue weighted by atomic mass is 10.1. The molecule has 2 saturated heterocycles. The number of carbonyl (C=O) groups excluding carboxylic acids is 2. The maximum atomic E-state index is 13.4. The zero-order valence-electron chi connectivity index (χ0n) is 26.8. The summed E-state index contributed by atoms with van der Waals surface area (Å²) < 4.78 is 73.3. The smallest absolute Gasteiger partial charge is 0.416 e. The maximum Gasteiger partial charge on any atom is 0.416 e. The molecule has 0 spiro atoms. The Kier molecular flexibility index (Phi) is 10.3. The molecule has 2 fully saturated rings. The van der Waals surface area contributed by atoms with Gasteiger partial charge in [0.05, 0.1) is 33.9 Å². The number of alkyl halides is 3. The molecule has 17 heteroatoms. The van der Waals surface area contributed by atoms with Gasteiger partial charge in [0.25, 0.3) is 10.0 Å². The molecule has 260 valence electrons. The quantitative estimate of drug-likeness (QED) is 0.309. The van der Waals surface area contributed by atoms with Crippen LogP contribution in [0.5, 0.6) is 0 Å². The van der Waals surface area contributed by atoms with Crippen LogP contribution in [-0.2, 0) is 32.3 Å². The van der Waals surface area contributed by atoms with Gasteiger partial charge in [-0.15, -0.1) is 11.3 Å². The van der Waals surface area contributed by atoms with E-state index in [2.05, 4.69) is 15.3 Å². The van der Waals surface area contributed by atoms with Crippen LogP contribution < -0.4 is 10.2 Å². The van der Waals surface area contributed by atoms with Crippen LogP contribution in [0.3, 0.4) is 0 Å². The summed E-state index contributed by atoms with van der Waals surface area (Å²) >= 11 is 6.88. The molecule has 0 radical (unpaired) electrons. The molecule has 1 aromatic carbocycles. The summed E-state index contributed by atoms with van der Waals surface area (Å²) in [7, 11) is -2.29. The highest BCUT2D eigenvalue weighted by atomic mass is 35.5. The van der Waals surface area contributed by atoms with Gasteiger partial charge in [-0.2, -0.15) is 17.5 Å². The highest BCUT2D eigenvalue weighted by molar-refractivity contribution is 7.91. The molecule has 0 saturated carbocycles. The van der Waals surface area contributed by atoms with E-state index in [1.807, 2.05) is 4.90 Å². The molecule has 0 aliphatic carbocycles. The largest absolute Gasteiger partial charge is 0.444 e. The lowest BCUT2D eigenvalue weighted by Crippen LogP contribution is -2.45. The number of amides is 2. The summed E-state index contributed by atoms with van der Waals surface area (Å²) in [6.07, 6.45) is -3.55. The van der Waals surface area contributed by atoms with E-state index in [0.29, 0.717) is 53.6 Å². The average molecular weight is 729 g/mol. The first-order valence-corrected chi connectivity index (χ1v) is 17.9. The number of thiophene rings is 1. The molecular weight excluding hydrogens is 693 g/mol. The Labute approximate surface area is 286 Å². The van der Waals surface area contributed by atoms with Crippen molar-refractivity contribution in [2.24, 2.45) is 0 Å². The van der Waals surface area contributed by atoms with Crippen molar-refractivity contribution in [2.75, 3.05) is 31.6 Å². The minimum absolute atomic E-state index is 0.0510. The second-order valence-electron chi connectivity index (χ2n) is 12.6. The molecule has 5 rings (SSSR count). The SMILES string of the molecule is CN(C(=O)OC(C)(C)C)C1CCN(c2nc(CNC(=O)[C@@H]3CCCN3S(=O)(=O)c3ccc(Cl)s3)cc(-c3ccc(C(F)(F)F)cc3)n2)C1. The molecule has 1 N–H and O–H groups in total. The third-order valence-electron chi connectivity index (χ3n) is 8.01. The lowest BCUT2D eigenvalue weighted by molar-refractivity contribution is -0.137. The number of sulfonamides is 1. The number of hydrogen-bond acceptors (Lipinski definition) is 9. The van der Waals surface area contributed by atoms with Crippen molar-refractivity contribution in [1.29, 1.82) is 0 Å². The predicted molar refractivity (Wildman–Crippen MR) is 175 cm³/mol. The number of anilines is 1. The maximum absolute atomic E-state index is 13.4. The van der Waals surface area contributed by atoms with Crippen LogP contribution in [0.15, 0.2) is 46.7 Å². The Morgan fingerprint density at radius 2 is 1.79 bits per heavy atom. The summed E-state index contributed by atoms with van der Waals surface area (Å²) in [6, 6.07) is 7.90. The summed E-state index contributed by atoms with van der Waals surface area (Å²) in [5.41, 5.74) is -0.365. The van der Waals surface area contributed by atoms with Gasteiger partial charge in [0.15, 0.2) is 0 Å². The number of likely N-dealkylation sites (N-methyl/N-ethyl adjacent to an activating group) is 1. The molecule has 0 bridgehead atoms. The second kappa shape index (κ2) is 13.8. The standard InChI is InChI=1S/C31H36ClF3N6O5S2/c1-30(2,3)46-29(43)39(4)22-13-15-40(18-22)28-37-21(16-23(38-28)19-7-9-20(10-8-19)31(33,34)35)17-36-27(42)24-6-5-14-41(24)48(44,45)26-12-11-25(32)47-26/h7-12,16,22,24H,5-6,13-15,17-18H2,1-4H3,(H,36,42)/t22?,24-/m0/s1. The van der Waals surface area contributed by atoms with Crippen LogP contribution in [0.2, 0.25) is 4.34 Å². The first-order valence-electron chi connectivity index (χ1n) is 15.2. The fourth-order valence-corrected chi connectivity index (χ4v) is 8.82. The fraction of sp³-hybridized carbons (Fsp3) is 0.484. The summed E-state index contributed by atoms with van der Waals surface area (Å²) in [6.45, 7) is 6.30. The minimum atomic E-state index is -4.51. The Balaban J connectivity index is 1.37. The van der Waals surface area contributed by atoms with Gasteiger partial charge in [0.2, 0.25) is 11.9 Å². The number of halogens is 4. The normalized spacial score (nSPS) is 19.0. The predicted octanol–water partition coefficient (Wildman–Crippen LogP) is 5.79. The van der Waals surface area contributed by atoms with E-state index in [1.165, 1.54) is 33.5 Å². The summed E-state index contributed by atoms with van der Waals surface area (Å²) in [5, 5.41) is 2.79. The lowest BCUT2D eigenvalue weighted by Gasteiger charge is -2.28. The molecule has 4 heterocycles. The van der Waals surface area contributed by atoms with Crippen molar-refractivity contribution >= 4 is 50.9 Å². The molecule has 3 aromatic rings. The third-order valence-corrected chi connectivity index (χ3v) is 11.6. The zero-order chi connectivity index (χ0) is 35.0. The van der Waals surface area contributed by atoms with E-state index in [0.717, 1.165) is 23.5 Å². The van der Waals surface area contributed by atoms with Gasteiger partial charge in [-0.25, -0.2) is 23.2 Å². The van der Waals surface area contributed by atoms with E-state index in [1.54, 1.807) is 33.9 Å². The Bertz CT molecular complexity index is 1760. The van der Waals surface area contributed by atoms with Crippen molar-refractivity contribution in [2.45, 2.75) is 74.6 Å². The van der Waals surface area contributed by atoms with Gasteiger partial charge in [0.1, 0.15) is 15.9 Å². The number of rotatable bonds is 8. The van der Waals surface area contributed by atoms with E-state index < -0.39 is 45.4 Å². The average Bonchev–Trinajstić information content (AvgIpc) is 3.80. The van der Waals surface area contributed by atoms with Crippen molar-refractivity contribution in [3.8, 4) is 11.3 Å². The van der Waals surface area contributed by atoms with Gasteiger partial charge in [-0.3, -0.25) is 4.79 Å². The van der Waals surface area contributed by atoms with Gasteiger partial charge < -0.3 is 19.9 Å². The molecule has 2 aliphatic rings. The Morgan fingerprint density at radius 1 is 1.08 bits per heavy atom. The van der Waals surface area contributed by atoms with E-state index in [4.69, 9.17) is 16.3 Å². The number of ether oxygens (including phenoxy) is 1. The molecule has 2 atom stereocenters. The molecule has 2 amide bonds. The molecule has 48 heavy (non-hydrogen) atoms. The number of benzene rings is 1. The number of hydrogen-bond donors (Lipinski definition) is 1. The second-order valence-corrected chi connectivity index (χ2v) is 16.5. The van der Waals surface area contributed by atoms with Crippen LogP contribution in [-0.4, -0.2) is 84.0 Å². The molecule has 2 aromatic heterocycles. The molecule has 1 unspecified atom stereocenters. The highest BCUT2D eigenvalue weighted by Crippen LogP contribution is 2.33. The molecule has 11 nitrogen and oxygen atoms in total. The number of nitrogens with zero attached hydrogens (tertiary/aromatic N) is 5. The monoisotopic (exact) mass is 728 g/mol. The van der Waals surface area contributed by atoms with Gasteiger partial charge >= 0.3 is 12.3 Å². The van der Waals surface area contributed by atoms with Crippen LogP contribution in [0, 0.1) is 0 Å². The number of aromatic nitrogens is 2. The van der Waals surface area contributed by atoms with Gasteiger partial charge in [-0.05, 0) is 70.4 Å². The highest BCUT2D eigenvalue weighted by Gasteiger charge is 2.40. The fourth-order valence-electron chi connectivity index (χ4n) is 5.55. The van der Waals surface area contributed by atoms with E-state index >= 15 is 0 Å². The van der Waals surface area contributed by atoms with E-state index in [9.17, 15) is 31.2 Å². The number of nitrogens with one attached hydrogen (secondary N) is 1. The molecule has 2 aliphatic heterocycles. The Morgan fingerprint density at radius 3 is 2.42 bits per heavy atom. The van der Waals surface area contributed by atoms with Crippen molar-refractivity contribution < 1.29 is 35.9 Å². The van der Waals surface area contributed by atoms with Gasteiger partial charge in [0, 0.05) is 32.2 Å². The third kappa shape index (κ3) is 8.21. The first kappa shape index (κ1) is 35.8. The van der Waals surface area contributed by atoms with Crippen molar-refractivity contribution in [3.05, 3.63) is 58.1 Å². The van der Waals surface area contributed by atoms with Crippen LogP contribution >= 0.6 is 22.9 Å². The number of carbonyl (C=O) groups is 2. The Hall–Kier alpha value is -3.47. The summed E-state index contributed by atoms with van der Waals surface area (Å²) in [4.78, 5) is 38.8. The van der Waals surface area contributed by atoms with Crippen LogP contribution in [0.4, 0.5) is 23.9 Å². The summed E-state index contributed by atoms with van der Waals surface area (Å²) in [5.74, 6) is -0.230. The van der Waals surface area contributed by atoms with Gasteiger partial charge in [-0.1, -0.05) is 23.7 Å². The van der Waals surface area contributed by atoms with Crippen LogP contribution in [0.1, 0.15) is 51.3 Å². The zero-order valence-corrected chi connectivity index (χ0v) is 29.1. The van der Waals surface area contributed by atoms with Crippen molar-refractivity contribution in [3.63, 3.8) is 0 Å². The molecular formula is C31H36ClF3N6O5S2.